The first-order valence-electron chi connectivity index (χ1n) is 6.57. The fourth-order valence-electron chi connectivity index (χ4n) is 0.988. The van der Waals surface area contributed by atoms with Crippen molar-refractivity contribution in [1.82, 2.24) is 0 Å². The van der Waals surface area contributed by atoms with Crippen molar-refractivity contribution >= 4 is 97.6 Å². The Morgan fingerprint density at radius 1 is 0.450 bits per heavy atom. The highest BCUT2D eigenvalue weighted by Gasteiger charge is 1.89. The van der Waals surface area contributed by atoms with Crippen LogP contribution in [-0.2, 0) is 0 Å². The van der Waals surface area contributed by atoms with Gasteiger partial charge in [-0.05, 0) is 47.4 Å². The van der Waals surface area contributed by atoms with E-state index < -0.39 is 0 Å². The average Bonchev–Trinajstić information content (AvgIpc) is 2.47. The third-order valence-electron chi connectivity index (χ3n) is 1.81. The lowest BCUT2D eigenvalue weighted by atomic mass is 10.6. The van der Waals surface area contributed by atoms with E-state index in [4.69, 9.17) is 0 Å². The van der Waals surface area contributed by atoms with Crippen LogP contribution in [0.2, 0.25) is 0 Å². The Kier molecular flexibility index (Phi) is 33.4. The van der Waals surface area contributed by atoms with Gasteiger partial charge in [-0.1, -0.05) is 0 Å². The van der Waals surface area contributed by atoms with E-state index in [-0.39, 0.29) is 0 Å². The fourth-order valence-corrected chi connectivity index (χ4v) is 5.22. The molecule has 20 heavy (non-hydrogen) atoms. The zero-order chi connectivity index (χ0) is 15.3. The molecule has 0 amide bonds. The highest BCUT2D eigenvalue weighted by molar-refractivity contribution is 8.10. The predicted octanol–water partition coefficient (Wildman–Crippen LogP) is 5.32. The SMILES string of the molecule is SCCSCCCSCCS.SCSCCCSCS. The van der Waals surface area contributed by atoms with Crippen LogP contribution in [0, 0.1) is 0 Å². The van der Waals surface area contributed by atoms with Crippen molar-refractivity contribution in [3.63, 3.8) is 0 Å². The van der Waals surface area contributed by atoms with E-state index in [2.05, 4.69) is 50.5 Å². The molecule has 0 unspecified atom stereocenters. The molecule has 0 aromatic heterocycles. The molecular formula is C12H28S8. The van der Waals surface area contributed by atoms with Gasteiger partial charge in [0.1, 0.15) is 0 Å². The number of thiol groups is 4. The van der Waals surface area contributed by atoms with Crippen LogP contribution in [0.5, 0.6) is 0 Å². The molecule has 0 N–H and O–H groups in total. The molecule has 0 rings (SSSR count). The molecule has 0 aliphatic heterocycles. The Labute approximate surface area is 165 Å². The molecule has 0 fully saturated rings. The van der Waals surface area contributed by atoms with Crippen molar-refractivity contribution in [2.24, 2.45) is 0 Å². The Balaban J connectivity index is 0. The molecule has 0 nitrogen and oxygen atoms in total. The van der Waals surface area contributed by atoms with Crippen LogP contribution >= 0.6 is 97.6 Å². The summed E-state index contributed by atoms with van der Waals surface area (Å²) in [6, 6.07) is 0. The first kappa shape index (κ1) is 25.0. The van der Waals surface area contributed by atoms with Gasteiger partial charge in [0.05, 0.1) is 0 Å². The van der Waals surface area contributed by atoms with E-state index in [1.807, 2.05) is 47.0 Å². The first-order valence-corrected chi connectivity index (χ1v) is 13.7. The highest BCUT2D eigenvalue weighted by Crippen LogP contribution is 2.09. The minimum absolute atomic E-state index is 0.950. The van der Waals surface area contributed by atoms with Gasteiger partial charge in [0, 0.05) is 21.7 Å². The zero-order valence-corrected chi connectivity index (χ0v) is 18.8. The van der Waals surface area contributed by atoms with E-state index in [1.165, 1.54) is 47.4 Å². The van der Waals surface area contributed by atoms with Crippen LogP contribution < -0.4 is 0 Å². The zero-order valence-electron chi connectivity index (χ0n) is 11.9. The van der Waals surface area contributed by atoms with Gasteiger partial charge in [0.2, 0.25) is 0 Å². The van der Waals surface area contributed by atoms with E-state index in [1.54, 1.807) is 0 Å². The lowest BCUT2D eigenvalue weighted by molar-refractivity contribution is 1.12. The largest absolute Gasteiger partial charge is 0.179 e. The highest BCUT2D eigenvalue weighted by atomic mass is 32.2. The summed E-state index contributed by atoms with van der Waals surface area (Å²) in [7, 11) is 0. The molecule has 0 atom stereocenters. The smallest absolute Gasteiger partial charge is 0.0361 e. The van der Waals surface area contributed by atoms with Gasteiger partial charge in [-0.3, -0.25) is 0 Å². The van der Waals surface area contributed by atoms with Crippen LogP contribution in [0.3, 0.4) is 0 Å². The summed E-state index contributed by atoms with van der Waals surface area (Å²) in [5, 5.41) is 1.90. The quantitative estimate of drug-likeness (QED) is 0.168. The van der Waals surface area contributed by atoms with Gasteiger partial charge in [0.25, 0.3) is 0 Å². The summed E-state index contributed by atoms with van der Waals surface area (Å²) < 4.78 is 0. The minimum atomic E-state index is 0.950. The van der Waals surface area contributed by atoms with Crippen molar-refractivity contribution in [2.45, 2.75) is 12.8 Å². The summed E-state index contributed by atoms with van der Waals surface area (Å²) in [5.74, 6) is 9.47. The Bertz CT molecular complexity index is 133. The third kappa shape index (κ3) is 28.9. The maximum absolute atomic E-state index is 4.14. The minimum Gasteiger partial charge on any atom is -0.179 e. The summed E-state index contributed by atoms with van der Waals surface area (Å²) in [4.78, 5) is 0. The number of rotatable bonds is 14. The molecule has 0 aliphatic carbocycles. The molecule has 8 heteroatoms. The van der Waals surface area contributed by atoms with E-state index >= 15 is 0 Å². The van der Waals surface area contributed by atoms with Crippen LogP contribution in [0.25, 0.3) is 0 Å². The summed E-state index contributed by atoms with van der Waals surface area (Å²) in [6.07, 6.45) is 2.62. The van der Waals surface area contributed by atoms with Gasteiger partial charge >= 0.3 is 0 Å². The molecule has 0 spiro atoms. The number of hydrogen-bond donors (Lipinski definition) is 4. The molecule has 0 aromatic carbocycles. The van der Waals surface area contributed by atoms with Gasteiger partial charge in [-0.25, -0.2) is 0 Å². The molecule has 0 radical (unpaired) electrons. The standard InChI is InChI=1S/C7H16S4.C5H12S4/c8-2-6-10-4-1-5-11-7-3-9;6-4-8-2-1-3-9-5-7/h8-9H,1-7H2;6-7H,1-5H2. The molecule has 0 aromatic rings. The van der Waals surface area contributed by atoms with Crippen LogP contribution in [-0.4, -0.2) is 56.2 Å². The third-order valence-corrected chi connectivity index (χ3v) is 7.62. The summed E-state index contributed by atoms with van der Waals surface area (Å²) in [5.41, 5.74) is 0. The van der Waals surface area contributed by atoms with Crippen LogP contribution in [0.1, 0.15) is 12.8 Å². The van der Waals surface area contributed by atoms with Crippen molar-refractivity contribution in [1.29, 1.82) is 0 Å². The normalized spacial score (nSPS) is 10.2. The predicted molar refractivity (Wildman–Crippen MR) is 124 cm³/mol. The fraction of sp³-hybridized carbons (Fsp3) is 1.00. The van der Waals surface area contributed by atoms with Crippen molar-refractivity contribution in [3.8, 4) is 0 Å². The monoisotopic (exact) mass is 428 g/mol. The van der Waals surface area contributed by atoms with Gasteiger partial charge in [-0.15, -0.1) is 0 Å². The lowest BCUT2D eigenvalue weighted by Gasteiger charge is -1.98. The second-order valence-electron chi connectivity index (χ2n) is 3.45. The van der Waals surface area contributed by atoms with E-state index in [0.29, 0.717) is 0 Å². The Morgan fingerprint density at radius 2 is 0.800 bits per heavy atom. The topological polar surface area (TPSA) is 0 Å². The number of thioether (sulfide) groups is 4. The van der Waals surface area contributed by atoms with Crippen molar-refractivity contribution in [3.05, 3.63) is 0 Å². The van der Waals surface area contributed by atoms with E-state index in [9.17, 15) is 0 Å². The molecule has 124 valence electrons. The van der Waals surface area contributed by atoms with Crippen molar-refractivity contribution < 1.29 is 0 Å². The Morgan fingerprint density at radius 3 is 1.10 bits per heavy atom. The first-order chi connectivity index (χ1) is 9.83. The van der Waals surface area contributed by atoms with Crippen LogP contribution in [0.4, 0.5) is 0 Å². The maximum atomic E-state index is 4.14. The molecular weight excluding hydrogens is 401 g/mol. The summed E-state index contributed by atoms with van der Waals surface area (Å²) >= 11 is 24.2. The van der Waals surface area contributed by atoms with Gasteiger partial charge in [-0.2, -0.15) is 97.6 Å². The second kappa shape index (κ2) is 26.7. The van der Waals surface area contributed by atoms with Gasteiger partial charge in [0.15, 0.2) is 0 Å². The average molecular weight is 429 g/mol. The van der Waals surface area contributed by atoms with Crippen molar-refractivity contribution in [2.75, 3.05) is 56.2 Å². The van der Waals surface area contributed by atoms with E-state index in [0.717, 1.165) is 21.7 Å². The molecule has 0 heterocycles. The number of hydrogen-bond acceptors (Lipinski definition) is 8. The van der Waals surface area contributed by atoms with Crippen LogP contribution in [0.15, 0.2) is 0 Å². The molecule has 0 saturated carbocycles. The maximum Gasteiger partial charge on any atom is 0.0361 e. The molecule has 0 aliphatic rings. The molecule has 0 bridgehead atoms. The molecule has 0 saturated heterocycles. The lowest BCUT2D eigenvalue weighted by Crippen LogP contribution is -1.89. The second-order valence-corrected chi connectivity index (χ2v) is 10.5. The van der Waals surface area contributed by atoms with Gasteiger partial charge < -0.3 is 0 Å². The Hall–Kier alpha value is 2.80. The summed E-state index contributed by atoms with van der Waals surface area (Å²) in [6.45, 7) is 0.